The van der Waals surface area contributed by atoms with Gasteiger partial charge in [0.1, 0.15) is 0 Å². The van der Waals surface area contributed by atoms with Crippen LogP contribution in [-0.4, -0.2) is 33.7 Å². The number of carbonyl (C=O) groups is 2. The Morgan fingerprint density at radius 2 is 2.15 bits per heavy atom. The number of aryl methyl sites for hydroxylation is 2. The normalized spacial score (nSPS) is 25.8. The Morgan fingerprint density at radius 1 is 1.35 bits per heavy atom. The number of amides is 2. The highest BCUT2D eigenvalue weighted by Crippen LogP contribution is 2.27. The first-order valence-electron chi connectivity index (χ1n) is 9.68. The van der Waals surface area contributed by atoms with E-state index in [9.17, 15) is 9.59 Å². The minimum Gasteiger partial charge on any atom is -0.351 e. The van der Waals surface area contributed by atoms with Crippen LogP contribution in [0.2, 0.25) is 0 Å². The Labute approximate surface area is 155 Å². The Balaban J connectivity index is 1.59. The SMILES string of the molecule is Cc1nn(C)c(C)c1CCC(=O)N[C@@H]1CCC(=O)N[C@H]1[C@@H]1CC=CCC1. The molecule has 0 aromatic carbocycles. The maximum atomic E-state index is 12.6. The van der Waals surface area contributed by atoms with Gasteiger partial charge in [0, 0.05) is 31.6 Å². The zero-order valence-corrected chi connectivity index (χ0v) is 16.0. The van der Waals surface area contributed by atoms with E-state index in [1.807, 2.05) is 25.6 Å². The molecule has 2 amide bonds. The van der Waals surface area contributed by atoms with E-state index in [0.717, 1.165) is 42.6 Å². The molecule has 2 N–H and O–H groups in total. The summed E-state index contributed by atoms with van der Waals surface area (Å²) in [6.07, 6.45) is 9.88. The van der Waals surface area contributed by atoms with E-state index in [-0.39, 0.29) is 23.9 Å². The van der Waals surface area contributed by atoms with Crippen LogP contribution in [0.3, 0.4) is 0 Å². The van der Waals surface area contributed by atoms with Gasteiger partial charge in [0.2, 0.25) is 11.8 Å². The van der Waals surface area contributed by atoms with E-state index in [2.05, 4.69) is 27.9 Å². The van der Waals surface area contributed by atoms with Gasteiger partial charge < -0.3 is 10.6 Å². The van der Waals surface area contributed by atoms with E-state index in [4.69, 9.17) is 0 Å². The molecule has 6 nitrogen and oxygen atoms in total. The molecule has 26 heavy (non-hydrogen) atoms. The Hall–Kier alpha value is -2.11. The molecule has 1 saturated heterocycles. The third-order valence-corrected chi connectivity index (χ3v) is 5.87. The van der Waals surface area contributed by atoms with E-state index in [0.29, 0.717) is 25.2 Å². The Bertz CT molecular complexity index is 707. The number of nitrogens with zero attached hydrogens (tertiary/aromatic N) is 2. The van der Waals surface area contributed by atoms with Crippen LogP contribution in [0.1, 0.15) is 55.5 Å². The molecule has 0 bridgehead atoms. The van der Waals surface area contributed by atoms with Gasteiger partial charge in [-0.1, -0.05) is 12.2 Å². The number of allylic oxidation sites excluding steroid dienone is 2. The lowest BCUT2D eigenvalue weighted by Crippen LogP contribution is -2.58. The Morgan fingerprint density at radius 3 is 2.81 bits per heavy atom. The van der Waals surface area contributed by atoms with Crippen molar-refractivity contribution in [2.75, 3.05) is 0 Å². The van der Waals surface area contributed by atoms with Crippen LogP contribution in [0.25, 0.3) is 0 Å². The van der Waals surface area contributed by atoms with Crippen LogP contribution in [0.4, 0.5) is 0 Å². The molecular formula is C20H30N4O2. The topological polar surface area (TPSA) is 76.0 Å². The second-order valence-electron chi connectivity index (χ2n) is 7.62. The summed E-state index contributed by atoms with van der Waals surface area (Å²) in [6, 6.07) is 0.0832. The smallest absolute Gasteiger partial charge is 0.220 e. The van der Waals surface area contributed by atoms with Crippen LogP contribution in [-0.2, 0) is 23.1 Å². The molecule has 2 heterocycles. The summed E-state index contributed by atoms with van der Waals surface area (Å²) in [4.78, 5) is 24.4. The molecule has 142 valence electrons. The molecule has 0 spiro atoms. The molecule has 3 atom stereocenters. The minimum atomic E-state index is 0.0350. The lowest BCUT2D eigenvalue weighted by molar-refractivity contribution is -0.127. The van der Waals surface area contributed by atoms with Crippen molar-refractivity contribution in [1.82, 2.24) is 20.4 Å². The standard InChI is InChI=1S/C20H30N4O2/c1-13-16(14(2)24(3)23-13)9-11-18(25)21-17-10-12-19(26)22-20(17)15-7-5-4-6-8-15/h4-5,15,17,20H,6-12H2,1-3H3,(H,21,25)(H,22,26)/t15-,17-,20+/m1/s1. The summed E-state index contributed by atoms with van der Waals surface area (Å²) in [7, 11) is 1.93. The first-order valence-corrected chi connectivity index (χ1v) is 9.68. The average molecular weight is 358 g/mol. The molecule has 1 aliphatic carbocycles. The first kappa shape index (κ1) is 18.7. The predicted molar refractivity (Wildman–Crippen MR) is 101 cm³/mol. The highest BCUT2D eigenvalue weighted by atomic mass is 16.2. The van der Waals surface area contributed by atoms with Gasteiger partial charge in [0.05, 0.1) is 11.7 Å². The fourth-order valence-corrected chi connectivity index (χ4v) is 4.27. The molecule has 0 radical (unpaired) electrons. The van der Waals surface area contributed by atoms with Crippen molar-refractivity contribution in [2.24, 2.45) is 13.0 Å². The summed E-state index contributed by atoms with van der Waals surface area (Å²) in [6.45, 7) is 4.03. The van der Waals surface area contributed by atoms with Gasteiger partial charge in [-0.15, -0.1) is 0 Å². The fraction of sp³-hybridized carbons (Fsp3) is 0.650. The van der Waals surface area contributed by atoms with Gasteiger partial charge in [0.25, 0.3) is 0 Å². The number of carbonyl (C=O) groups excluding carboxylic acids is 2. The monoisotopic (exact) mass is 358 g/mol. The second kappa shape index (κ2) is 8.06. The van der Waals surface area contributed by atoms with Gasteiger partial charge in [-0.25, -0.2) is 0 Å². The molecule has 0 unspecified atom stereocenters. The van der Waals surface area contributed by atoms with Gasteiger partial charge in [-0.05, 0) is 57.4 Å². The van der Waals surface area contributed by atoms with Crippen LogP contribution in [0, 0.1) is 19.8 Å². The molecular weight excluding hydrogens is 328 g/mol. The quantitative estimate of drug-likeness (QED) is 0.792. The molecule has 2 aliphatic rings. The largest absolute Gasteiger partial charge is 0.351 e. The number of hydrogen-bond donors (Lipinski definition) is 2. The second-order valence-corrected chi connectivity index (χ2v) is 7.62. The van der Waals surface area contributed by atoms with Crippen molar-refractivity contribution < 1.29 is 9.59 Å². The Kier molecular flexibility index (Phi) is 5.79. The van der Waals surface area contributed by atoms with Crippen LogP contribution >= 0.6 is 0 Å². The lowest BCUT2D eigenvalue weighted by atomic mass is 9.81. The van der Waals surface area contributed by atoms with E-state index < -0.39 is 0 Å². The van der Waals surface area contributed by atoms with Crippen molar-refractivity contribution in [3.05, 3.63) is 29.1 Å². The van der Waals surface area contributed by atoms with E-state index >= 15 is 0 Å². The highest BCUT2D eigenvalue weighted by Gasteiger charge is 2.35. The van der Waals surface area contributed by atoms with Crippen molar-refractivity contribution >= 4 is 11.8 Å². The maximum Gasteiger partial charge on any atom is 0.220 e. The first-order chi connectivity index (χ1) is 12.5. The zero-order valence-electron chi connectivity index (χ0n) is 16.0. The molecule has 1 fully saturated rings. The van der Waals surface area contributed by atoms with Gasteiger partial charge in [-0.2, -0.15) is 5.10 Å². The summed E-state index contributed by atoms with van der Waals surface area (Å²) < 4.78 is 1.87. The van der Waals surface area contributed by atoms with Crippen molar-refractivity contribution in [1.29, 1.82) is 0 Å². The number of nitrogens with one attached hydrogen (secondary N) is 2. The van der Waals surface area contributed by atoms with Crippen molar-refractivity contribution in [3.8, 4) is 0 Å². The molecule has 1 aromatic rings. The summed E-state index contributed by atoms with van der Waals surface area (Å²) >= 11 is 0. The number of aromatic nitrogens is 2. The van der Waals surface area contributed by atoms with Gasteiger partial charge >= 0.3 is 0 Å². The number of piperidine rings is 1. The zero-order chi connectivity index (χ0) is 18.7. The van der Waals surface area contributed by atoms with Crippen molar-refractivity contribution in [3.63, 3.8) is 0 Å². The van der Waals surface area contributed by atoms with Crippen LogP contribution in [0.5, 0.6) is 0 Å². The minimum absolute atomic E-state index is 0.0350. The third-order valence-electron chi connectivity index (χ3n) is 5.87. The lowest BCUT2D eigenvalue weighted by Gasteiger charge is -2.38. The fourth-order valence-electron chi connectivity index (χ4n) is 4.27. The summed E-state index contributed by atoms with van der Waals surface area (Å²) in [5.41, 5.74) is 3.27. The number of rotatable bonds is 5. The molecule has 1 aromatic heterocycles. The van der Waals surface area contributed by atoms with E-state index in [1.54, 1.807) is 0 Å². The third kappa shape index (κ3) is 4.17. The van der Waals surface area contributed by atoms with Crippen molar-refractivity contribution in [2.45, 2.75) is 70.9 Å². The molecule has 0 saturated carbocycles. The average Bonchev–Trinajstić information content (AvgIpc) is 2.87. The molecule has 6 heteroatoms. The van der Waals surface area contributed by atoms with Gasteiger partial charge in [0.15, 0.2) is 0 Å². The maximum absolute atomic E-state index is 12.6. The highest BCUT2D eigenvalue weighted by molar-refractivity contribution is 5.79. The summed E-state index contributed by atoms with van der Waals surface area (Å²) in [5.74, 6) is 0.583. The van der Waals surface area contributed by atoms with Gasteiger partial charge in [-0.3, -0.25) is 14.3 Å². The number of hydrogen-bond acceptors (Lipinski definition) is 3. The molecule has 1 aliphatic heterocycles. The predicted octanol–water partition coefficient (Wildman–Crippen LogP) is 2.09. The van der Waals surface area contributed by atoms with E-state index in [1.165, 1.54) is 0 Å². The van der Waals surface area contributed by atoms with Crippen LogP contribution < -0.4 is 10.6 Å². The van der Waals surface area contributed by atoms with Crippen LogP contribution in [0.15, 0.2) is 12.2 Å². The summed E-state index contributed by atoms with van der Waals surface area (Å²) in [5, 5.41) is 10.8. The molecule has 3 rings (SSSR count).